The van der Waals surface area contributed by atoms with Crippen molar-refractivity contribution in [2.24, 2.45) is 5.92 Å². The normalized spacial score (nSPS) is 12.8. The van der Waals surface area contributed by atoms with Gasteiger partial charge in [-0.15, -0.1) is 11.3 Å². The molecule has 0 unspecified atom stereocenters. The van der Waals surface area contributed by atoms with Gasteiger partial charge in [-0.25, -0.2) is 0 Å². The van der Waals surface area contributed by atoms with E-state index in [0.717, 1.165) is 6.54 Å². The Hall–Kier alpha value is -1.16. The fourth-order valence-corrected chi connectivity index (χ4v) is 2.94. The molecular formula is C16H21NOS. The number of aliphatic hydroxyl groups is 1. The van der Waals surface area contributed by atoms with E-state index in [1.165, 1.54) is 15.3 Å². The van der Waals surface area contributed by atoms with Crippen LogP contribution >= 0.6 is 11.3 Å². The lowest BCUT2D eigenvalue weighted by atomic mass is 10.1. The van der Waals surface area contributed by atoms with Gasteiger partial charge in [0.2, 0.25) is 0 Å². The number of hydrogen-bond acceptors (Lipinski definition) is 3. The van der Waals surface area contributed by atoms with Crippen LogP contribution in [0.3, 0.4) is 0 Å². The molecule has 1 aromatic heterocycles. The molecule has 2 aromatic rings. The summed E-state index contributed by atoms with van der Waals surface area (Å²) in [5.74, 6) is 0.443. The second-order valence-electron chi connectivity index (χ2n) is 5.05. The Morgan fingerprint density at radius 1 is 1.11 bits per heavy atom. The zero-order valence-electron chi connectivity index (χ0n) is 11.5. The van der Waals surface area contributed by atoms with Crippen molar-refractivity contribution in [1.82, 2.24) is 5.32 Å². The Morgan fingerprint density at radius 3 is 2.47 bits per heavy atom. The first-order valence-corrected chi connectivity index (χ1v) is 7.50. The van der Waals surface area contributed by atoms with Gasteiger partial charge in [-0.1, -0.05) is 44.2 Å². The van der Waals surface area contributed by atoms with Crippen LogP contribution in [0.1, 0.15) is 18.7 Å². The summed E-state index contributed by atoms with van der Waals surface area (Å²) < 4.78 is 0. The maximum atomic E-state index is 9.30. The van der Waals surface area contributed by atoms with Gasteiger partial charge in [0.1, 0.15) is 0 Å². The van der Waals surface area contributed by atoms with Gasteiger partial charge >= 0.3 is 0 Å². The molecule has 0 saturated carbocycles. The predicted molar refractivity (Wildman–Crippen MR) is 82.3 cm³/mol. The van der Waals surface area contributed by atoms with Gasteiger partial charge in [0.25, 0.3) is 0 Å². The van der Waals surface area contributed by atoms with Gasteiger partial charge in [0.15, 0.2) is 0 Å². The highest BCUT2D eigenvalue weighted by Gasteiger charge is 2.11. The van der Waals surface area contributed by atoms with Crippen molar-refractivity contribution in [3.63, 3.8) is 0 Å². The molecule has 0 aliphatic carbocycles. The topological polar surface area (TPSA) is 32.3 Å². The molecule has 2 nitrogen and oxygen atoms in total. The van der Waals surface area contributed by atoms with Gasteiger partial charge in [-0.3, -0.25) is 0 Å². The monoisotopic (exact) mass is 275 g/mol. The highest BCUT2D eigenvalue weighted by molar-refractivity contribution is 7.15. The highest BCUT2D eigenvalue weighted by Crippen LogP contribution is 2.27. The summed E-state index contributed by atoms with van der Waals surface area (Å²) in [5, 5.41) is 12.7. The predicted octanol–water partition coefficient (Wildman–Crippen LogP) is 3.52. The van der Waals surface area contributed by atoms with E-state index in [0.29, 0.717) is 5.92 Å². The fraction of sp³-hybridized carbons (Fsp3) is 0.375. The molecule has 19 heavy (non-hydrogen) atoms. The van der Waals surface area contributed by atoms with Crippen molar-refractivity contribution in [3.05, 3.63) is 47.3 Å². The van der Waals surface area contributed by atoms with E-state index < -0.39 is 0 Å². The Bertz CT molecular complexity index is 492. The summed E-state index contributed by atoms with van der Waals surface area (Å²) in [6.45, 7) is 5.25. The molecule has 0 fully saturated rings. The van der Waals surface area contributed by atoms with Gasteiger partial charge in [0.05, 0.1) is 6.61 Å². The number of benzene rings is 1. The minimum absolute atomic E-state index is 0.169. The first kappa shape index (κ1) is 14.3. The minimum Gasteiger partial charge on any atom is -0.395 e. The van der Waals surface area contributed by atoms with Crippen LogP contribution in [0.15, 0.2) is 42.5 Å². The summed E-state index contributed by atoms with van der Waals surface area (Å²) >= 11 is 1.81. The van der Waals surface area contributed by atoms with E-state index in [4.69, 9.17) is 0 Å². The molecule has 0 aliphatic rings. The molecule has 0 amide bonds. The molecule has 1 heterocycles. The average Bonchev–Trinajstić information content (AvgIpc) is 2.89. The summed E-state index contributed by atoms with van der Waals surface area (Å²) in [5.41, 5.74) is 1.27. The average molecular weight is 275 g/mol. The molecular weight excluding hydrogens is 254 g/mol. The molecule has 2 N–H and O–H groups in total. The van der Waals surface area contributed by atoms with E-state index in [1.807, 2.05) is 6.07 Å². The summed E-state index contributed by atoms with van der Waals surface area (Å²) in [6, 6.07) is 14.9. The van der Waals surface area contributed by atoms with Gasteiger partial charge in [-0.05, 0) is 23.6 Å². The molecule has 0 aliphatic heterocycles. The number of aliphatic hydroxyl groups excluding tert-OH is 1. The SMILES string of the molecule is CC(C)[C@@H](CO)NCc1ccc(-c2ccccc2)s1. The lowest BCUT2D eigenvalue weighted by molar-refractivity contribution is 0.210. The van der Waals surface area contributed by atoms with Crippen molar-refractivity contribution in [3.8, 4) is 10.4 Å². The number of nitrogens with one attached hydrogen (secondary N) is 1. The molecule has 1 atom stereocenters. The van der Waals surface area contributed by atoms with Crippen LogP contribution in [0.2, 0.25) is 0 Å². The first-order chi connectivity index (χ1) is 9.20. The standard InChI is InChI=1S/C16H21NOS/c1-12(2)15(11-18)17-10-14-8-9-16(19-14)13-6-4-3-5-7-13/h3-9,12,15,17-18H,10-11H2,1-2H3/t15-/m1/s1. The van der Waals surface area contributed by atoms with Gasteiger partial charge in [-0.2, -0.15) is 0 Å². The maximum Gasteiger partial charge on any atom is 0.0587 e. The summed E-state index contributed by atoms with van der Waals surface area (Å²) in [7, 11) is 0. The summed E-state index contributed by atoms with van der Waals surface area (Å²) in [4.78, 5) is 2.60. The van der Waals surface area contributed by atoms with Crippen LogP contribution in [0.4, 0.5) is 0 Å². The molecule has 0 saturated heterocycles. The third kappa shape index (κ3) is 3.90. The van der Waals surface area contributed by atoms with Crippen LogP contribution in [0.5, 0.6) is 0 Å². The van der Waals surface area contributed by atoms with Crippen LogP contribution in [0.25, 0.3) is 10.4 Å². The molecule has 3 heteroatoms. The van der Waals surface area contributed by atoms with Crippen LogP contribution in [0, 0.1) is 5.92 Å². The second-order valence-corrected chi connectivity index (χ2v) is 6.21. The molecule has 0 bridgehead atoms. The second kappa shape index (κ2) is 6.85. The molecule has 102 valence electrons. The van der Waals surface area contributed by atoms with E-state index in [2.05, 4.69) is 55.6 Å². The Balaban J connectivity index is 1.98. The maximum absolute atomic E-state index is 9.30. The lowest BCUT2D eigenvalue weighted by Gasteiger charge is -2.19. The zero-order chi connectivity index (χ0) is 13.7. The number of thiophene rings is 1. The number of rotatable bonds is 6. The van der Waals surface area contributed by atoms with Crippen molar-refractivity contribution >= 4 is 11.3 Å². The Morgan fingerprint density at radius 2 is 1.84 bits per heavy atom. The quantitative estimate of drug-likeness (QED) is 0.845. The van der Waals surface area contributed by atoms with Crippen LogP contribution in [-0.2, 0) is 6.54 Å². The fourth-order valence-electron chi connectivity index (χ4n) is 1.97. The van der Waals surface area contributed by atoms with E-state index >= 15 is 0 Å². The summed E-state index contributed by atoms with van der Waals surface area (Å²) in [6.07, 6.45) is 0. The van der Waals surface area contributed by atoms with E-state index in [1.54, 1.807) is 11.3 Å². The molecule has 1 aromatic carbocycles. The third-order valence-corrected chi connectivity index (χ3v) is 4.39. The van der Waals surface area contributed by atoms with E-state index in [9.17, 15) is 5.11 Å². The van der Waals surface area contributed by atoms with Crippen molar-refractivity contribution < 1.29 is 5.11 Å². The third-order valence-electron chi connectivity index (χ3n) is 3.26. The van der Waals surface area contributed by atoms with Crippen LogP contribution < -0.4 is 5.32 Å². The van der Waals surface area contributed by atoms with Gasteiger partial charge < -0.3 is 10.4 Å². The molecule has 0 spiro atoms. The van der Waals surface area contributed by atoms with Gasteiger partial charge in [0, 0.05) is 22.3 Å². The van der Waals surface area contributed by atoms with Crippen LogP contribution in [-0.4, -0.2) is 17.8 Å². The minimum atomic E-state index is 0.169. The Kier molecular flexibility index (Phi) is 5.14. The van der Waals surface area contributed by atoms with Crippen molar-refractivity contribution in [2.45, 2.75) is 26.4 Å². The first-order valence-electron chi connectivity index (χ1n) is 6.69. The largest absolute Gasteiger partial charge is 0.395 e. The lowest BCUT2D eigenvalue weighted by Crippen LogP contribution is -2.36. The Labute approximate surface area is 119 Å². The molecule has 0 radical (unpaired) electrons. The highest BCUT2D eigenvalue weighted by atomic mass is 32.1. The van der Waals surface area contributed by atoms with Crippen molar-refractivity contribution in [1.29, 1.82) is 0 Å². The smallest absolute Gasteiger partial charge is 0.0587 e. The molecule has 2 rings (SSSR count). The zero-order valence-corrected chi connectivity index (χ0v) is 12.3. The number of hydrogen-bond donors (Lipinski definition) is 2. The van der Waals surface area contributed by atoms with E-state index in [-0.39, 0.29) is 12.6 Å². The van der Waals surface area contributed by atoms with Crippen molar-refractivity contribution in [2.75, 3.05) is 6.61 Å².